The van der Waals surface area contributed by atoms with Crippen molar-refractivity contribution in [1.29, 1.82) is 0 Å². The molecule has 2 heteroatoms. The first-order valence-corrected chi connectivity index (χ1v) is 28.2. The van der Waals surface area contributed by atoms with E-state index < -0.39 is 10.8 Å². The van der Waals surface area contributed by atoms with Gasteiger partial charge in [0.1, 0.15) is 0 Å². The van der Waals surface area contributed by atoms with Gasteiger partial charge >= 0.3 is 0 Å². The van der Waals surface area contributed by atoms with Crippen LogP contribution in [0.15, 0.2) is 327 Å². The van der Waals surface area contributed by atoms with Gasteiger partial charge in [0.15, 0.2) is 0 Å². The summed E-state index contributed by atoms with van der Waals surface area (Å²) in [6, 6.07) is 106. The maximum atomic E-state index is 10.3. The van der Waals surface area contributed by atoms with Gasteiger partial charge in [-0.05, 0) is 162 Å². The molecule has 0 unspecified atom stereocenters. The van der Waals surface area contributed by atoms with Crippen molar-refractivity contribution in [2.75, 3.05) is 4.90 Å². The lowest BCUT2D eigenvalue weighted by Gasteiger charge is -2.35. The van der Waals surface area contributed by atoms with E-state index in [1.54, 1.807) is 0 Å². The van der Waals surface area contributed by atoms with Crippen molar-refractivity contribution in [3.05, 3.63) is 372 Å². The smallest absolute Gasteiger partial charge is 0.0714 e. The predicted molar refractivity (Wildman–Crippen MR) is 341 cm³/mol. The summed E-state index contributed by atoms with van der Waals surface area (Å²) in [6.07, 6.45) is 0. The zero-order valence-electron chi connectivity index (χ0n) is 48.8. The van der Waals surface area contributed by atoms with Gasteiger partial charge in [-0.1, -0.05) is 255 Å². The molecule has 0 radical (unpaired) electrons. The van der Waals surface area contributed by atoms with E-state index in [4.69, 9.17) is 0 Å². The molecular formula is C80H54N2. The van der Waals surface area contributed by atoms with Crippen LogP contribution in [-0.4, -0.2) is 4.57 Å². The second-order valence-electron chi connectivity index (χ2n) is 21.6. The van der Waals surface area contributed by atoms with Crippen LogP contribution in [0.3, 0.4) is 0 Å². The van der Waals surface area contributed by atoms with Crippen LogP contribution in [0.2, 0.25) is 0 Å². The molecule has 0 saturated heterocycles. The van der Waals surface area contributed by atoms with E-state index in [2.05, 4.69) is 265 Å². The second kappa shape index (κ2) is 19.1. The van der Waals surface area contributed by atoms with Crippen LogP contribution in [0.1, 0.15) is 50.0 Å². The Hall–Kier alpha value is -10.5. The summed E-state index contributed by atoms with van der Waals surface area (Å²) in [5, 5.41) is 1.95. The largest absolute Gasteiger partial charge is 0.310 e. The summed E-state index contributed by atoms with van der Waals surface area (Å²) in [7, 11) is 0. The zero-order chi connectivity index (χ0) is 57.7. The average molecular weight is 1050 g/mol. The summed E-state index contributed by atoms with van der Waals surface area (Å²) in [5.74, 6) is 0. The van der Waals surface area contributed by atoms with Crippen molar-refractivity contribution in [2.45, 2.75) is 10.8 Å². The van der Waals surface area contributed by atoms with Crippen LogP contribution in [0.25, 0.3) is 72.0 Å². The van der Waals surface area contributed by atoms with Gasteiger partial charge < -0.3 is 9.47 Å². The molecule has 0 N–H and O–H groups in total. The Bertz CT molecular complexity index is 4850. The summed E-state index contributed by atoms with van der Waals surface area (Å²) < 4.78 is 43.1. The molecule has 2 nitrogen and oxygen atoms in total. The second-order valence-corrected chi connectivity index (χ2v) is 21.6. The number of aromatic nitrogens is 1. The van der Waals surface area contributed by atoms with E-state index in [-0.39, 0.29) is 35.4 Å². The maximum Gasteiger partial charge on any atom is 0.0714 e. The van der Waals surface area contributed by atoms with E-state index in [9.17, 15) is 5.48 Å². The third-order valence-electron chi connectivity index (χ3n) is 17.4. The van der Waals surface area contributed by atoms with Crippen molar-refractivity contribution in [2.24, 2.45) is 0 Å². The highest BCUT2D eigenvalue weighted by Gasteiger charge is 2.47. The quantitative estimate of drug-likeness (QED) is 0.133. The molecule has 2 aliphatic carbocycles. The zero-order valence-corrected chi connectivity index (χ0v) is 44.8. The Labute approximate surface area is 484 Å². The van der Waals surface area contributed by atoms with Crippen molar-refractivity contribution >= 4 is 38.9 Å². The molecule has 0 bridgehead atoms. The lowest BCUT2D eigenvalue weighted by molar-refractivity contribution is 0.768. The molecule has 0 saturated carbocycles. The van der Waals surface area contributed by atoms with Gasteiger partial charge in [-0.25, -0.2) is 0 Å². The Balaban J connectivity index is 0.910. The molecule has 0 spiro atoms. The van der Waals surface area contributed by atoms with Crippen molar-refractivity contribution in [1.82, 2.24) is 4.57 Å². The van der Waals surface area contributed by atoms with E-state index >= 15 is 0 Å². The van der Waals surface area contributed by atoms with Gasteiger partial charge in [0.25, 0.3) is 0 Å². The standard InChI is InChI=1S/C80H54N2/c1-6-22-55(23-7-1)56-38-44-64(45-39-56)81(66-48-49-70-69-34-18-19-35-73(69)79(76(70)54-66,59-24-8-2-9-25-59)60-26-10-3-11-27-60)65-46-40-57(41-47-65)58-42-50-77-71(52-58)72-53-62(43-51-78(72)82(77)63-30-14-5-15-31-63)80(61-28-12-4-13-29-61)74-36-20-16-32-67(74)68-33-17-21-37-75(68)80/h1-54H/i40D,41D,46D,47D. The minimum absolute atomic E-state index is 0.127. The minimum atomic E-state index is -0.719. The van der Waals surface area contributed by atoms with E-state index in [0.717, 1.165) is 72.0 Å². The Morgan fingerprint density at radius 2 is 0.683 bits per heavy atom. The molecule has 1 heterocycles. The monoisotopic (exact) mass is 1050 g/mol. The normalized spacial score (nSPS) is 14.0. The molecule has 16 rings (SSSR count). The molecule has 1 aromatic heterocycles. The number of benzene rings is 13. The number of fused-ring (bicyclic) bond motifs is 9. The van der Waals surface area contributed by atoms with Crippen molar-refractivity contribution < 1.29 is 5.48 Å². The number of nitrogens with zero attached hydrogens (tertiary/aromatic N) is 2. The van der Waals surface area contributed by atoms with Gasteiger partial charge in [-0.3, -0.25) is 0 Å². The lowest BCUT2D eigenvalue weighted by atomic mass is 9.67. The molecule has 82 heavy (non-hydrogen) atoms. The van der Waals surface area contributed by atoms with Crippen LogP contribution < -0.4 is 4.90 Å². The van der Waals surface area contributed by atoms with Crippen molar-refractivity contribution in [3.8, 4) is 50.2 Å². The van der Waals surface area contributed by atoms with Gasteiger partial charge in [-0.2, -0.15) is 0 Å². The average Bonchev–Trinajstić information content (AvgIpc) is 1.65. The first kappa shape index (κ1) is 43.4. The molecule has 0 amide bonds. The molecule has 0 fully saturated rings. The molecule has 13 aromatic carbocycles. The maximum absolute atomic E-state index is 10.3. The first-order chi connectivity index (χ1) is 42.3. The lowest BCUT2D eigenvalue weighted by Crippen LogP contribution is -2.28. The van der Waals surface area contributed by atoms with Crippen LogP contribution in [0, 0.1) is 0 Å². The molecular weight excluding hydrogens is 989 g/mol. The summed E-state index contributed by atoms with van der Waals surface area (Å²) in [5.41, 5.74) is 20.0. The molecule has 14 aromatic rings. The van der Waals surface area contributed by atoms with E-state index in [0.29, 0.717) is 16.9 Å². The highest BCUT2D eigenvalue weighted by atomic mass is 15.1. The number of hydrogen-bond donors (Lipinski definition) is 0. The van der Waals surface area contributed by atoms with Crippen molar-refractivity contribution in [3.63, 3.8) is 0 Å². The predicted octanol–water partition coefficient (Wildman–Crippen LogP) is 20.3. The number of para-hydroxylation sites is 1. The van der Waals surface area contributed by atoms with Gasteiger partial charge in [0.05, 0.1) is 27.3 Å². The third kappa shape index (κ3) is 7.14. The molecule has 2 aliphatic rings. The number of anilines is 3. The van der Waals surface area contributed by atoms with Crippen LogP contribution in [0.5, 0.6) is 0 Å². The molecule has 0 aliphatic heterocycles. The summed E-state index contributed by atoms with van der Waals surface area (Å²) in [6.45, 7) is 0. The fourth-order valence-corrected chi connectivity index (χ4v) is 14.0. The minimum Gasteiger partial charge on any atom is -0.310 e. The molecule has 0 atom stereocenters. The van der Waals surface area contributed by atoms with Gasteiger partial charge in [-0.15, -0.1) is 0 Å². The summed E-state index contributed by atoms with van der Waals surface area (Å²) >= 11 is 0. The SMILES string of the molecule is [2H]c1c([2H])c(N(c2ccc(-c3ccccc3)cc2)c2ccc3c(c2)C(c2ccccc2)(c2ccccc2)c2ccccc2-3)c([2H])c([2H])c1-c1ccc2c(c1)c1cc(C3(c4ccccc4)c4ccccc4-c4ccccc43)ccc1n2-c1ccccc1. The fraction of sp³-hybridized carbons (Fsp3) is 0.0250. The Kier molecular flexibility index (Phi) is 10.1. The Morgan fingerprint density at radius 1 is 0.268 bits per heavy atom. The van der Waals surface area contributed by atoms with Crippen LogP contribution in [-0.2, 0) is 10.8 Å². The Morgan fingerprint density at radius 3 is 1.23 bits per heavy atom. The number of rotatable bonds is 10. The number of hydrogen-bond acceptors (Lipinski definition) is 1. The molecule has 384 valence electrons. The first-order valence-electron chi connectivity index (χ1n) is 30.2. The van der Waals surface area contributed by atoms with Gasteiger partial charge in [0, 0.05) is 33.5 Å². The van der Waals surface area contributed by atoms with Crippen LogP contribution >= 0.6 is 0 Å². The van der Waals surface area contributed by atoms with E-state index in [1.807, 2.05) is 47.4 Å². The highest BCUT2D eigenvalue weighted by Crippen LogP contribution is 2.59. The topological polar surface area (TPSA) is 8.17 Å². The van der Waals surface area contributed by atoms with Crippen LogP contribution in [0.4, 0.5) is 17.1 Å². The third-order valence-corrected chi connectivity index (χ3v) is 17.4. The summed E-state index contributed by atoms with van der Waals surface area (Å²) in [4.78, 5) is 1.93. The van der Waals surface area contributed by atoms with E-state index in [1.165, 1.54) is 33.4 Å². The fourth-order valence-electron chi connectivity index (χ4n) is 14.0. The highest BCUT2D eigenvalue weighted by molar-refractivity contribution is 6.11. The van der Waals surface area contributed by atoms with Gasteiger partial charge in [0.2, 0.25) is 0 Å².